The Morgan fingerprint density at radius 3 is 2.00 bits per heavy atom. The molecule has 2 aromatic carbocycles. The molecule has 0 aliphatic heterocycles. The molecule has 1 nitrogen and oxygen atoms in total. The Morgan fingerprint density at radius 2 is 1.50 bits per heavy atom. The molecule has 0 aliphatic carbocycles. The van der Waals surface area contributed by atoms with Crippen LogP contribution in [0.5, 0.6) is 0 Å². The van der Waals surface area contributed by atoms with E-state index in [4.69, 9.17) is 5.73 Å². The summed E-state index contributed by atoms with van der Waals surface area (Å²) in [5, 5.41) is 0. The lowest BCUT2D eigenvalue weighted by molar-refractivity contribution is -0.137. The predicted octanol–water partition coefficient (Wildman–Crippen LogP) is 4.01. The standard InChI is InChI=1S/C15H13F4N/c16-14-9-12(2-1-11(14)7-8-20)10-3-5-13(6-4-10)15(17,18)19/h1-6,9H,7-8,20H2. The van der Waals surface area contributed by atoms with Gasteiger partial charge in [0.05, 0.1) is 5.56 Å². The van der Waals surface area contributed by atoms with Crippen LogP contribution >= 0.6 is 0 Å². The van der Waals surface area contributed by atoms with E-state index in [0.717, 1.165) is 12.1 Å². The van der Waals surface area contributed by atoms with Crippen LogP contribution in [-0.4, -0.2) is 6.54 Å². The molecule has 0 radical (unpaired) electrons. The maximum Gasteiger partial charge on any atom is 0.416 e. The largest absolute Gasteiger partial charge is 0.416 e. The van der Waals surface area contributed by atoms with Gasteiger partial charge in [-0.2, -0.15) is 13.2 Å². The molecule has 2 N–H and O–H groups in total. The minimum atomic E-state index is -4.37. The molecular formula is C15H13F4N. The number of rotatable bonds is 3. The third kappa shape index (κ3) is 3.17. The highest BCUT2D eigenvalue weighted by Crippen LogP contribution is 2.31. The van der Waals surface area contributed by atoms with Crippen molar-refractivity contribution in [2.24, 2.45) is 5.73 Å². The highest BCUT2D eigenvalue weighted by Gasteiger charge is 2.29. The second kappa shape index (κ2) is 5.63. The molecule has 0 saturated heterocycles. The van der Waals surface area contributed by atoms with Crippen molar-refractivity contribution in [3.05, 3.63) is 59.4 Å². The second-order valence-corrected chi connectivity index (χ2v) is 4.42. The average molecular weight is 283 g/mol. The van der Waals surface area contributed by atoms with Gasteiger partial charge in [-0.3, -0.25) is 0 Å². The SMILES string of the molecule is NCCc1ccc(-c2ccc(C(F)(F)F)cc2)cc1F. The van der Waals surface area contributed by atoms with Crippen LogP contribution in [0.25, 0.3) is 11.1 Å². The maximum absolute atomic E-state index is 13.8. The summed E-state index contributed by atoms with van der Waals surface area (Å²) in [6, 6.07) is 9.24. The van der Waals surface area contributed by atoms with E-state index >= 15 is 0 Å². The Labute approximate surface area is 114 Å². The van der Waals surface area contributed by atoms with Gasteiger partial charge in [0.25, 0.3) is 0 Å². The zero-order valence-corrected chi connectivity index (χ0v) is 10.5. The van der Waals surface area contributed by atoms with Gasteiger partial charge in [0, 0.05) is 0 Å². The number of hydrogen-bond acceptors (Lipinski definition) is 1. The number of benzene rings is 2. The summed E-state index contributed by atoms with van der Waals surface area (Å²) in [5.74, 6) is -0.396. The van der Waals surface area contributed by atoms with Crippen molar-refractivity contribution in [1.82, 2.24) is 0 Å². The van der Waals surface area contributed by atoms with E-state index in [1.807, 2.05) is 0 Å². The Morgan fingerprint density at radius 1 is 0.900 bits per heavy atom. The Hall–Kier alpha value is -1.88. The van der Waals surface area contributed by atoms with Gasteiger partial charge in [-0.15, -0.1) is 0 Å². The molecule has 0 aliphatic rings. The molecule has 106 valence electrons. The van der Waals surface area contributed by atoms with Gasteiger partial charge in [0.15, 0.2) is 0 Å². The van der Waals surface area contributed by atoms with E-state index in [0.29, 0.717) is 29.7 Å². The molecule has 0 bridgehead atoms. The molecule has 2 rings (SSSR count). The Kier molecular flexibility index (Phi) is 4.09. The van der Waals surface area contributed by atoms with Gasteiger partial charge in [0.1, 0.15) is 5.82 Å². The molecule has 0 unspecified atom stereocenters. The molecule has 0 amide bonds. The lowest BCUT2D eigenvalue weighted by Crippen LogP contribution is -2.05. The maximum atomic E-state index is 13.8. The first-order valence-corrected chi connectivity index (χ1v) is 6.08. The summed E-state index contributed by atoms with van der Waals surface area (Å²) in [7, 11) is 0. The summed E-state index contributed by atoms with van der Waals surface area (Å²) in [6.07, 6.45) is -3.94. The molecule has 0 fully saturated rings. The van der Waals surface area contributed by atoms with E-state index in [1.165, 1.54) is 18.2 Å². The van der Waals surface area contributed by atoms with Gasteiger partial charge in [-0.1, -0.05) is 24.3 Å². The van der Waals surface area contributed by atoms with Crippen molar-refractivity contribution in [1.29, 1.82) is 0 Å². The van der Waals surface area contributed by atoms with Crippen LogP contribution in [0.1, 0.15) is 11.1 Å². The summed E-state index contributed by atoms with van der Waals surface area (Å²) >= 11 is 0. The van der Waals surface area contributed by atoms with Crippen molar-refractivity contribution >= 4 is 0 Å². The molecule has 0 saturated carbocycles. The normalized spacial score (nSPS) is 11.7. The number of alkyl halides is 3. The lowest BCUT2D eigenvalue weighted by atomic mass is 10.0. The molecule has 0 atom stereocenters. The van der Waals surface area contributed by atoms with Crippen LogP contribution in [0.15, 0.2) is 42.5 Å². The van der Waals surface area contributed by atoms with E-state index in [-0.39, 0.29) is 0 Å². The number of hydrogen-bond donors (Lipinski definition) is 1. The highest BCUT2D eigenvalue weighted by molar-refractivity contribution is 5.64. The van der Waals surface area contributed by atoms with Crippen molar-refractivity contribution in [2.75, 3.05) is 6.54 Å². The number of halogens is 4. The molecule has 0 spiro atoms. The molecule has 0 heterocycles. The van der Waals surface area contributed by atoms with Gasteiger partial charge in [0.2, 0.25) is 0 Å². The molecular weight excluding hydrogens is 270 g/mol. The number of nitrogens with two attached hydrogens (primary N) is 1. The van der Waals surface area contributed by atoms with E-state index < -0.39 is 17.6 Å². The third-order valence-corrected chi connectivity index (χ3v) is 3.01. The first-order chi connectivity index (χ1) is 9.41. The van der Waals surface area contributed by atoms with Crippen molar-refractivity contribution in [3.8, 4) is 11.1 Å². The summed E-state index contributed by atoms with van der Waals surface area (Å²) in [4.78, 5) is 0. The molecule has 5 heteroatoms. The van der Waals surface area contributed by atoms with Crippen molar-refractivity contribution in [3.63, 3.8) is 0 Å². The van der Waals surface area contributed by atoms with Gasteiger partial charge in [-0.25, -0.2) is 4.39 Å². The van der Waals surface area contributed by atoms with Gasteiger partial charge < -0.3 is 5.73 Å². The summed E-state index contributed by atoms with van der Waals surface area (Å²) in [5.41, 5.74) is 6.22. The van der Waals surface area contributed by atoms with Crippen LogP contribution < -0.4 is 5.73 Å². The van der Waals surface area contributed by atoms with Crippen LogP contribution in [0.4, 0.5) is 17.6 Å². The first kappa shape index (κ1) is 14.5. The first-order valence-electron chi connectivity index (χ1n) is 6.08. The Balaban J connectivity index is 2.30. The summed E-state index contributed by atoms with van der Waals surface area (Å²) < 4.78 is 51.1. The average Bonchev–Trinajstić information content (AvgIpc) is 2.40. The van der Waals surface area contributed by atoms with E-state index in [1.54, 1.807) is 12.1 Å². The van der Waals surface area contributed by atoms with Gasteiger partial charge in [-0.05, 0) is 47.9 Å². The van der Waals surface area contributed by atoms with E-state index in [9.17, 15) is 17.6 Å². The van der Waals surface area contributed by atoms with Crippen LogP contribution in [0.2, 0.25) is 0 Å². The zero-order chi connectivity index (χ0) is 14.8. The highest BCUT2D eigenvalue weighted by atomic mass is 19.4. The third-order valence-electron chi connectivity index (χ3n) is 3.01. The summed E-state index contributed by atoms with van der Waals surface area (Å²) in [6.45, 7) is 0.344. The Bertz CT molecular complexity index is 588. The quantitative estimate of drug-likeness (QED) is 0.846. The van der Waals surface area contributed by atoms with Crippen molar-refractivity contribution < 1.29 is 17.6 Å². The fourth-order valence-corrected chi connectivity index (χ4v) is 1.94. The molecule has 20 heavy (non-hydrogen) atoms. The second-order valence-electron chi connectivity index (χ2n) is 4.42. The molecule has 2 aromatic rings. The molecule has 0 aromatic heterocycles. The minimum absolute atomic E-state index is 0.344. The smallest absolute Gasteiger partial charge is 0.330 e. The van der Waals surface area contributed by atoms with Gasteiger partial charge >= 0.3 is 6.18 Å². The topological polar surface area (TPSA) is 26.0 Å². The minimum Gasteiger partial charge on any atom is -0.330 e. The van der Waals surface area contributed by atoms with Crippen LogP contribution in [0, 0.1) is 5.82 Å². The predicted molar refractivity (Wildman–Crippen MR) is 69.6 cm³/mol. The zero-order valence-electron chi connectivity index (χ0n) is 10.5. The monoisotopic (exact) mass is 283 g/mol. The lowest BCUT2D eigenvalue weighted by Gasteiger charge is -2.09. The fraction of sp³-hybridized carbons (Fsp3) is 0.200. The van der Waals surface area contributed by atoms with E-state index in [2.05, 4.69) is 0 Å². The van der Waals surface area contributed by atoms with Crippen molar-refractivity contribution in [2.45, 2.75) is 12.6 Å². The van der Waals surface area contributed by atoms with Crippen LogP contribution in [-0.2, 0) is 12.6 Å². The fourth-order valence-electron chi connectivity index (χ4n) is 1.94. The van der Waals surface area contributed by atoms with Crippen LogP contribution in [0.3, 0.4) is 0 Å².